The van der Waals surface area contributed by atoms with Crippen LogP contribution in [0.3, 0.4) is 0 Å². The molecule has 0 saturated carbocycles. The van der Waals surface area contributed by atoms with Gasteiger partial charge in [0.25, 0.3) is 0 Å². The summed E-state index contributed by atoms with van der Waals surface area (Å²) in [4.78, 5) is 25.9. The van der Waals surface area contributed by atoms with Crippen molar-refractivity contribution in [3.05, 3.63) is 71.5 Å². The Hall–Kier alpha value is -2.41. The zero-order chi connectivity index (χ0) is 23.3. The third-order valence-electron chi connectivity index (χ3n) is 5.73. The van der Waals surface area contributed by atoms with Crippen molar-refractivity contribution >= 4 is 38.2 Å². The zero-order valence-electron chi connectivity index (χ0n) is 17.8. The Balaban J connectivity index is 1.82. The predicted molar refractivity (Wildman–Crippen MR) is 125 cm³/mol. The molecule has 165 valence electrons. The van der Waals surface area contributed by atoms with Crippen molar-refractivity contribution < 1.29 is 23.7 Å². The molecule has 0 aliphatic carbocycles. The summed E-state index contributed by atoms with van der Waals surface area (Å²) in [5.41, 5.74) is 1.14. The fourth-order valence-corrected chi connectivity index (χ4v) is 4.39. The smallest absolute Gasteiger partial charge is 0.427 e. The van der Waals surface area contributed by atoms with Gasteiger partial charge in [0.2, 0.25) is 5.91 Å². The molecule has 1 radical (unpaired) electrons. The van der Waals surface area contributed by atoms with E-state index >= 15 is 0 Å². The first kappa shape index (κ1) is 24.2. The molecule has 2 atom stereocenters. The van der Waals surface area contributed by atoms with E-state index in [2.05, 4.69) is 6.58 Å². The van der Waals surface area contributed by atoms with E-state index in [0.29, 0.717) is 41.6 Å². The predicted octanol–water partition coefficient (Wildman–Crippen LogP) is 3.79. The van der Waals surface area contributed by atoms with Crippen molar-refractivity contribution in [2.45, 2.75) is 32.1 Å². The number of halogens is 2. The Morgan fingerprint density at radius 3 is 2.72 bits per heavy atom. The van der Waals surface area contributed by atoms with Crippen molar-refractivity contribution in [1.29, 1.82) is 0 Å². The van der Waals surface area contributed by atoms with Crippen LogP contribution in [0.4, 0.5) is 4.39 Å². The Labute approximate surface area is 193 Å². The Morgan fingerprint density at radius 1 is 1.38 bits per heavy atom. The highest BCUT2D eigenvalue weighted by molar-refractivity contribution is 6.66. The standard InChI is InChI=1S/C23H24B2ClFNO4/c1-3-10-23(14-32-25(2)31)13-19(28(22(23)30)24-15-29)11-16-4-6-17(7-5-16)20-12-18(26)8-9-21(20)27/h3-9,12,15,19,31H,1,10-11,13-14H2,2H3/t19-,23?/m1/s1. The number of allylic oxidation sites excluding steroid dienone is 1. The van der Waals surface area contributed by atoms with E-state index in [1.807, 2.05) is 24.3 Å². The van der Waals surface area contributed by atoms with Gasteiger partial charge in [-0.2, -0.15) is 0 Å². The van der Waals surface area contributed by atoms with E-state index in [1.165, 1.54) is 31.2 Å². The van der Waals surface area contributed by atoms with Crippen LogP contribution in [0.15, 0.2) is 55.1 Å². The van der Waals surface area contributed by atoms with E-state index in [9.17, 15) is 19.0 Å². The lowest BCUT2D eigenvalue weighted by atomic mass is 9.80. The maximum Gasteiger partial charge on any atom is 0.450 e. The van der Waals surface area contributed by atoms with E-state index in [0.717, 1.165) is 5.56 Å². The summed E-state index contributed by atoms with van der Waals surface area (Å²) in [6.45, 7) is 5.27. The van der Waals surface area contributed by atoms with Crippen LogP contribution in [0.1, 0.15) is 18.4 Å². The summed E-state index contributed by atoms with van der Waals surface area (Å²) >= 11 is 6.00. The number of hydrogen-bond donors (Lipinski definition) is 1. The number of benzene rings is 2. The minimum Gasteiger partial charge on any atom is -0.427 e. The lowest BCUT2D eigenvalue weighted by Gasteiger charge is -2.26. The largest absolute Gasteiger partial charge is 0.450 e. The quantitative estimate of drug-likeness (QED) is 0.337. The average molecular weight is 455 g/mol. The van der Waals surface area contributed by atoms with Crippen LogP contribution in [0.25, 0.3) is 11.1 Å². The van der Waals surface area contributed by atoms with Crippen LogP contribution < -0.4 is 0 Å². The van der Waals surface area contributed by atoms with Crippen LogP contribution in [-0.4, -0.2) is 49.1 Å². The Bertz CT molecular complexity index is 988. The van der Waals surface area contributed by atoms with Crippen LogP contribution in [-0.2, 0) is 20.7 Å². The van der Waals surface area contributed by atoms with Gasteiger partial charge in [-0.25, -0.2) is 4.39 Å². The number of hydrogen-bond acceptors (Lipinski definition) is 4. The van der Waals surface area contributed by atoms with Gasteiger partial charge in [0, 0.05) is 23.2 Å². The monoisotopic (exact) mass is 454 g/mol. The van der Waals surface area contributed by atoms with Gasteiger partial charge in [-0.05, 0) is 55.4 Å². The van der Waals surface area contributed by atoms with Gasteiger partial charge in [-0.1, -0.05) is 41.9 Å². The van der Waals surface area contributed by atoms with Crippen LogP contribution >= 0.6 is 11.6 Å². The van der Waals surface area contributed by atoms with Gasteiger partial charge in [0.1, 0.15) is 12.0 Å². The molecule has 1 amide bonds. The van der Waals surface area contributed by atoms with Crippen LogP contribution in [0.2, 0.25) is 11.8 Å². The molecule has 2 aromatic carbocycles. The summed E-state index contributed by atoms with van der Waals surface area (Å²) < 4.78 is 19.5. The first-order chi connectivity index (χ1) is 15.3. The lowest BCUT2D eigenvalue weighted by molar-refractivity contribution is -0.134. The molecule has 9 heteroatoms. The van der Waals surface area contributed by atoms with Gasteiger partial charge >= 0.3 is 14.5 Å². The molecule has 32 heavy (non-hydrogen) atoms. The fourth-order valence-electron chi connectivity index (χ4n) is 4.22. The molecule has 5 nitrogen and oxygen atoms in total. The normalized spacial score (nSPS) is 20.3. The molecule has 1 aliphatic heterocycles. The van der Waals surface area contributed by atoms with Crippen molar-refractivity contribution in [1.82, 2.24) is 4.81 Å². The maximum atomic E-state index is 14.2. The summed E-state index contributed by atoms with van der Waals surface area (Å²) in [7, 11) is 0.238. The van der Waals surface area contributed by atoms with E-state index in [1.54, 1.807) is 12.1 Å². The van der Waals surface area contributed by atoms with E-state index in [4.69, 9.17) is 16.3 Å². The molecule has 0 bridgehead atoms. The molecule has 1 saturated heterocycles. The first-order valence-corrected chi connectivity index (χ1v) is 10.7. The third kappa shape index (κ3) is 5.31. The Morgan fingerprint density at radius 2 is 2.09 bits per heavy atom. The molecular weight excluding hydrogens is 430 g/mol. The molecule has 1 unspecified atom stereocenters. The second kappa shape index (κ2) is 10.5. The minimum atomic E-state index is -1.01. The molecule has 1 fully saturated rings. The highest BCUT2D eigenvalue weighted by Crippen LogP contribution is 2.41. The maximum absolute atomic E-state index is 14.2. The molecule has 2 aromatic rings. The molecular formula is C23H24B2ClFNO4. The first-order valence-electron chi connectivity index (χ1n) is 10.4. The molecule has 1 heterocycles. The molecule has 0 aromatic heterocycles. The van der Waals surface area contributed by atoms with Crippen LogP contribution in [0.5, 0.6) is 0 Å². The second-order valence-corrected chi connectivity index (χ2v) is 8.50. The summed E-state index contributed by atoms with van der Waals surface area (Å²) in [5, 5.41) is 9.99. The fraction of sp³-hybridized carbons (Fsp3) is 0.304. The number of amides is 1. The molecule has 1 aliphatic rings. The van der Waals surface area contributed by atoms with E-state index < -0.39 is 12.5 Å². The summed E-state index contributed by atoms with van der Waals surface area (Å²) in [6.07, 6.45) is 3.56. The van der Waals surface area contributed by atoms with Gasteiger partial charge < -0.3 is 19.3 Å². The SMILES string of the molecule is C=CCC1(COB(C)O)C[C@@H](Cc2ccc(-c3cc(Cl)ccc3F)cc2)N([B]C=O)C1=O. The third-order valence-corrected chi connectivity index (χ3v) is 5.97. The highest BCUT2D eigenvalue weighted by Gasteiger charge is 2.50. The van der Waals surface area contributed by atoms with E-state index in [-0.39, 0.29) is 24.4 Å². The van der Waals surface area contributed by atoms with Crippen LogP contribution in [0, 0.1) is 11.2 Å². The number of nitrogens with zero attached hydrogens (tertiary/aromatic N) is 1. The molecule has 0 spiro atoms. The molecule has 1 N–H and O–H groups in total. The van der Waals surface area contributed by atoms with Gasteiger partial charge in [-0.15, -0.1) is 6.58 Å². The van der Waals surface area contributed by atoms with Crippen molar-refractivity contribution in [3.63, 3.8) is 0 Å². The van der Waals surface area contributed by atoms with Gasteiger partial charge in [0.15, 0.2) is 0 Å². The summed E-state index contributed by atoms with van der Waals surface area (Å²) in [5.74, 6) is -0.588. The van der Waals surface area contributed by atoms with Gasteiger partial charge in [0.05, 0.1) is 5.41 Å². The molecule has 3 rings (SSSR count). The average Bonchev–Trinajstić information content (AvgIpc) is 3.01. The minimum absolute atomic E-state index is 0.0300. The van der Waals surface area contributed by atoms with Crippen molar-refractivity contribution in [2.75, 3.05) is 6.61 Å². The zero-order valence-corrected chi connectivity index (χ0v) is 18.6. The topological polar surface area (TPSA) is 66.8 Å². The second-order valence-electron chi connectivity index (χ2n) is 8.06. The van der Waals surface area contributed by atoms with Crippen molar-refractivity contribution in [2.24, 2.45) is 5.41 Å². The Kier molecular flexibility index (Phi) is 7.93. The number of carbonyl (C=O) groups is 2. The lowest BCUT2D eigenvalue weighted by Crippen LogP contribution is -2.42. The highest BCUT2D eigenvalue weighted by atomic mass is 35.5. The van der Waals surface area contributed by atoms with Gasteiger partial charge in [-0.3, -0.25) is 4.79 Å². The number of carbonyl (C=O) groups excluding carboxylic acids is 2. The van der Waals surface area contributed by atoms with Crippen molar-refractivity contribution in [3.8, 4) is 11.1 Å². The number of rotatable bonds is 10. The summed E-state index contributed by atoms with van der Waals surface area (Å²) in [6, 6.07) is 11.5.